The van der Waals surface area contributed by atoms with Crippen LogP contribution in [0.3, 0.4) is 0 Å². The molecule has 0 fully saturated rings. The highest BCUT2D eigenvalue weighted by atomic mass is 32.2. The lowest BCUT2D eigenvalue weighted by atomic mass is 10.1. The number of carbonyl (C=O) groups is 1. The zero-order valence-corrected chi connectivity index (χ0v) is 11.2. The van der Waals surface area contributed by atoms with Gasteiger partial charge < -0.3 is 8.92 Å². The maximum absolute atomic E-state index is 11.4. The maximum Gasteiger partial charge on any atom is 0.337 e. The largest absolute Gasteiger partial charge is 0.465 e. The Hall–Kier alpha value is -2.08. The van der Waals surface area contributed by atoms with E-state index >= 15 is 0 Å². The van der Waals surface area contributed by atoms with Crippen molar-refractivity contribution in [1.29, 1.82) is 0 Å². The summed E-state index contributed by atoms with van der Waals surface area (Å²) in [6.07, 6.45) is 0.974. The topological polar surface area (TPSA) is 69.7 Å². The van der Waals surface area contributed by atoms with Gasteiger partial charge in [-0.05, 0) is 35.0 Å². The minimum atomic E-state index is -3.57. The summed E-state index contributed by atoms with van der Waals surface area (Å²) in [5, 5.41) is 1.57. The van der Waals surface area contributed by atoms with Crippen molar-refractivity contribution in [3.63, 3.8) is 0 Å². The number of fused-ring (bicyclic) bond motifs is 1. The summed E-state index contributed by atoms with van der Waals surface area (Å²) in [4.78, 5) is 11.4. The summed E-state index contributed by atoms with van der Waals surface area (Å²) in [6, 6.07) is 9.86. The summed E-state index contributed by atoms with van der Waals surface area (Å²) in [7, 11) is -2.27. The molecule has 2 aromatic rings. The zero-order valence-electron chi connectivity index (χ0n) is 10.4. The molecule has 0 N–H and O–H groups in total. The van der Waals surface area contributed by atoms with E-state index in [1.807, 2.05) is 0 Å². The molecule has 2 aromatic carbocycles. The first-order valence-electron chi connectivity index (χ1n) is 5.40. The summed E-state index contributed by atoms with van der Waals surface area (Å²) in [5.41, 5.74) is 0.395. The fourth-order valence-corrected chi connectivity index (χ4v) is 2.15. The molecule has 0 heterocycles. The Morgan fingerprint density at radius 2 is 1.74 bits per heavy atom. The molecule has 0 unspecified atom stereocenters. The van der Waals surface area contributed by atoms with E-state index in [4.69, 9.17) is 4.18 Å². The Morgan fingerprint density at radius 3 is 2.37 bits per heavy atom. The van der Waals surface area contributed by atoms with Crippen LogP contribution in [-0.2, 0) is 14.9 Å². The Kier molecular flexibility index (Phi) is 3.44. The monoisotopic (exact) mass is 280 g/mol. The second-order valence-corrected chi connectivity index (χ2v) is 5.58. The summed E-state index contributed by atoms with van der Waals surface area (Å²) in [6.45, 7) is 0. The first kappa shape index (κ1) is 13.4. The number of benzene rings is 2. The lowest BCUT2D eigenvalue weighted by Crippen LogP contribution is -2.05. The van der Waals surface area contributed by atoms with Crippen molar-refractivity contribution in [3.8, 4) is 5.75 Å². The zero-order chi connectivity index (χ0) is 14.0. The predicted octanol–water partition coefficient (Wildman–Crippen LogP) is 1.96. The molecule has 0 saturated carbocycles. The van der Waals surface area contributed by atoms with Crippen LogP contribution >= 0.6 is 0 Å². The first-order valence-corrected chi connectivity index (χ1v) is 7.22. The van der Waals surface area contributed by atoms with Gasteiger partial charge in [-0.3, -0.25) is 0 Å². The summed E-state index contributed by atoms with van der Waals surface area (Å²) >= 11 is 0. The molecule has 0 bridgehead atoms. The molecule has 100 valence electrons. The van der Waals surface area contributed by atoms with Gasteiger partial charge in [0.2, 0.25) is 0 Å². The van der Waals surface area contributed by atoms with Crippen molar-refractivity contribution < 1.29 is 22.1 Å². The van der Waals surface area contributed by atoms with Gasteiger partial charge in [0.05, 0.1) is 18.9 Å². The van der Waals surface area contributed by atoms with Crippen LogP contribution in [0.25, 0.3) is 10.8 Å². The third-order valence-electron chi connectivity index (χ3n) is 2.48. The third-order valence-corrected chi connectivity index (χ3v) is 2.98. The molecular formula is C13H12O5S. The molecule has 0 amide bonds. The molecule has 0 aliphatic rings. The van der Waals surface area contributed by atoms with E-state index in [1.54, 1.807) is 36.4 Å². The lowest BCUT2D eigenvalue weighted by Gasteiger charge is -2.06. The quantitative estimate of drug-likeness (QED) is 0.635. The molecule has 0 atom stereocenters. The van der Waals surface area contributed by atoms with Gasteiger partial charge in [-0.1, -0.05) is 12.1 Å². The van der Waals surface area contributed by atoms with Gasteiger partial charge in [0.15, 0.2) is 0 Å². The average molecular weight is 280 g/mol. The molecule has 2 rings (SSSR count). The van der Waals surface area contributed by atoms with Gasteiger partial charge >= 0.3 is 16.1 Å². The summed E-state index contributed by atoms with van der Waals surface area (Å²) in [5.74, 6) is -0.242. The third kappa shape index (κ3) is 3.23. The second-order valence-electron chi connectivity index (χ2n) is 4.00. The normalized spacial score (nSPS) is 11.3. The molecular weight excluding hydrogens is 268 g/mol. The Labute approximate surface area is 110 Å². The fourth-order valence-electron chi connectivity index (χ4n) is 1.70. The van der Waals surface area contributed by atoms with Crippen molar-refractivity contribution in [2.45, 2.75) is 0 Å². The van der Waals surface area contributed by atoms with E-state index < -0.39 is 16.1 Å². The van der Waals surface area contributed by atoms with Gasteiger partial charge in [-0.15, -0.1) is 0 Å². The Balaban J connectivity index is 2.48. The average Bonchev–Trinajstić information content (AvgIpc) is 2.35. The fraction of sp³-hybridized carbons (Fsp3) is 0.154. The predicted molar refractivity (Wildman–Crippen MR) is 70.8 cm³/mol. The molecule has 5 nitrogen and oxygen atoms in total. The molecule has 0 radical (unpaired) electrons. The first-order chi connectivity index (χ1) is 8.89. The van der Waals surface area contributed by atoms with E-state index in [2.05, 4.69) is 4.74 Å². The molecule has 6 heteroatoms. The number of hydrogen-bond acceptors (Lipinski definition) is 5. The maximum atomic E-state index is 11.4. The molecule has 19 heavy (non-hydrogen) atoms. The second kappa shape index (κ2) is 4.89. The summed E-state index contributed by atoms with van der Waals surface area (Å²) < 4.78 is 31.5. The van der Waals surface area contributed by atoms with Crippen LogP contribution in [0.2, 0.25) is 0 Å². The van der Waals surface area contributed by atoms with Crippen LogP contribution in [0.5, 0.6) is 5.75 Å². The molecule has 0 aromatic heterocycles. The van der Waals surface area contributed by atoms with Gasteiger partial charge in [0, 0.05) is 0 Å². The number of ether oxygens (including phenoxy) is 1. The molecule has 0 aliphatic heterocycles. The number of hydrogen-bond donors (Lipinski definition) is 0. The van der Waals surface area contributed by atoms with Crippen molar-refractivity contribution >= 4 is 26.9 Å². The highest BCUT2D eigenvalue weighted by Gasteiger charge is 2.08. The van der Waals surface area contributed by atoms with Crippen LogP contribution in [0, 0.1) is 0 Å². The Bertz CT molecular complexity index is 734. The van der Waals surface area contributed by atoms with Crippen LogP contribution in [0.15, 0.2) is 36.4 Å². The number of esters is 1. The van der Waals surface area contributed by atoms with E-state index in [9.17, 15) is 13.2 Å². The van der Waals surface area contributed by atoms with Crippen molar-refractivity contribution in [1.82, 2.24) is 0 Å². The van der Waals surface area contributed by atoms with E-state index in [0.717, 1.165) is 11.6 Å². The minimum absolute atomic E-state index is 0.206. The number of rotatable bonds is 3. The smallest absolute Gasteiger partial charge is 0.337 e. The molecule has 0 aliphatic carbocycles. The van der Waals surface area contributed by atoms with Crippen molar-refractivity contribution in [2.75, 3.05) is 13.4 Å². The van der Waals surface area contributed by atoms with Gasteiger partial charge in [-0.25, -0.2) is 4.79 Å². The van der Waals surface area contributed by atoms with Gasteiger partial charge in [-0.2, -0.15) is 8.42 Å². The van der Waals surface area contributed by atoms with Crippen LogP contribution in [0.1, 0.15) is 10.4 Å². The van der Waals surface area contributed by atoms with E-state index in [-0.39, 0.29) is 5.75 Å². The number of methoxy groups -OCH3 is 1. The number of carbonyl (C=O) groups excluding carboxylic acids is 1. The molecule has 0 spiro atoms. The molecule has 0 saturated heterocycles. The highest BCUT2D eigenvalue weighted by molar-refractivity contribution is 7.86. The van der Waals surface area contributed by atoms with Crippen LogP contribution < -0.4 is 4.18 Å². The lowest BCUT2D eigenvalue weighted by molar-refractivity contribution is 0.0601. The van der Waals surface area contributed by atoms with Crippen LogP contribution in [-0.4, -0.2) is 27.8 Å². The van der Waals surface area contributed by atoms with Crippen molar-refractivity contribution in [2.24, 2.45) is 0 Å². The minimum Gasteiger partial charge on any atom is -0.465 e. The van der Waals surface area contributed by atoms with E-state index in [1.165, 1.54) is 7.11 Å². The SMILES string of the molecule is COC(=O)c1ccc2ccc(OS(C)(=O)=O)cc2c1. The standard InChI is InChI=1S/C13H12O5S/c1-17-13(14)10-4-3-9-5-6-12(8-11(9)7-10)18-19(2,15)16/h3-8H,1-2H3. The van der Waals surface area contributed by atoms with E-state index in [0.29, 0.717) is 10.9 Å². The van der Waals surface area contributed by atoms with Crippen molar-refractivity contribution in [3.05, 3.63) is 42.0 Å². The van der Waals surface area contributed by atoms with Crippen LogP contribution in [0.4, 0.5) is 0 Å². The Morgan fingerprint density at radius 1 is 1.05 bits per heavy atom. The van der Waals surface area contributed by atoms with Gasteiger partial charge in [0.1, 0.15) is 5.75 Å². The van der Waals surface area contributed by atoms with Gasteiger partial charge in [0.25, 0.3) is 0 Å². The highest BCUT2D eigenvalue weighted by Crippen LogP contribution is 2.23.